The molecule has 1 aliphatic rings. The predicted molar refractivity (Wildman–Crippen MR) is 99.0 cm³/mol. The molecule has 142 valence electrons. The van der Waals surface area contributed by atoms with Crippen molar-refractivity contribution >= 4 is 29.6 Å². The minimum Gasteiger partial charge on any atom is -0.457 e. The Morgan fingerprint density at radius 2 is 2.00 bits per heavy atom. The van der Waals surface area contributed by atoms with E-state index in [-0.39, 0.29) is 23.6 Å². The van der Waals surface area contributed by atoms with Crippen LogP contribution in [-0.4, -0.2) is 34.2 Å². The highest BCUT2D eigenvalue weighted by Crippen LogP contribution is 2.29. The van der Waals surface area contributed by atoms with Crippen molar-refractivity contribution in [2.75, 3.05) is 6.54 Å². The summed E-state index contributed by atoms with van der Waals surface area (Å²) in [5, 5.41) is 12.9. The Hall–Kier alpha value is -4.01. The standard InChI is InChI=1S/C19H15N3O6/c1-3-8-21-18(24)15(17(23)20-19(21)25)10-13-5-7-16(28-13)14-6-4-12(22(26)27)9-11(14)2/h3-7,9-10H,1,8H2,2H3,(H,20,23,25)/b15-10-. The molecule has 2 aromatic rings. The number of amides is 4. The van der Waals surface area contributed by atoms with Gasteiger partial charge in [0.15, 0.2) is 0 Å². The Morgan fingerprint density at radius 3 is 2.64 bits per heavy atom. The van der Waals surface area contributed by atoms with Gasteiger partial charge in [-0.25, -0.2) is 4.79 Å². The first-order valence-electron chi connectivity index (χ1n) is 8.17. The zero-order chi connectivity index (χ0) is 20.4. The van der Waals surface area contributed by atoms with Crippen LogP contribution in [0.5, 0.6) is 0 Å². The Bertz CT molecular complexity index is 1050. The molecule has 1 fully saturated rings. The topological polar surface area (TPSA) is 123 Å². The quantitative estimate of drug-likeness (QED) is 0.279. The average molecular weight is 381 g/mol. The van der Waals surface area contributed by atoms with Crippen molar-refractivity contribution < 1.29 is 23.7 Å². The number of nitrogens with one attached hydrogen (secondary N) is 1. The zero-order valence-corrected chi connectivity index (χ0v) is 14.8. The molecule has 0 spiro atoms. The summed E-state index contributed by atoms with van der Waals surface area (Å²) in [7, 11) is 0. The van der Waals surface area contributed by atoms with Gasteiger partial charge in [0, 0.05) is 24.2 Å². The molecule has 0 bridgehead atoms. The number of imide groups is 2. The molecule has 9 heteroatoms. The second-order valence-corrected chi connectivity index (χ2v) is 5.98. The van der Waals surface area contributed by atoms with Crippen LogP contribution in [0.25, 0.3) is 17.4 Å². The minimum absolute atomic E-state index is 0.0356. The third kappa shape index (κ3) is 3.45. The van der Waals surface area contributed by atoms with Crippen LogP contribution in [0.4, 0.5) is 10.5 Å². The number of rotatable bonds is 5. The van der Waals surface area contributed by atoms with E-state index in [0.717, 1.165) is 4.90 Å². The molecule has 3 rings (SSSR count). The fraction of sp³-hybridized carbons (Fsp3) is 0.105. The van der Waals surface area contributed by atoms with Gasteiger partial charge >= 0.3 is 6.03 Å². The molecule has 1 aromatic heterocycles. The van der Waals surface area contributed by atoms with Crippen molar-refractivity contribution in [3.05, 3.63) is 70.0 Å². The number of non-ortho nitro benzene ring substituents is 1. The number of furan rings is 1. The molecule has 1 aliphatic heterocycles. The second-order valence-electron chi connectivity index (χ2n) is 5.98. The summed E-state index contributed by atoms with van der Waals surface area (Å²) in [5.41, 5.74) is 0.990. The van der Waals surface area contributed by atoms with Crippen LogP contribution in [0.3, 0.4) is 0 Å². The van der Waals surface area contributed by atoms with Gasteiger partial charge in [-0.05, 0) is 36.8 Å². The Labute approximate surface area is 159 Å². The Balaban J connectivity index is 1.92. The number of hydrogen-bond acceptors (Lipinski definition) is 6. The van der Waals surface area contributed by atoms with E-state index in [1.807, 2.05) is 0 Å². The molecule has 1 N–H and O–H groups in total. The molecule has 4 amide bonds. The number of nitro groups is 1. The van der Waals surface area contributed by atoms with Gasteiger partial charge in [-0.15, -0.1) is 6.58 Å². The number of benzene rings is 1. The van der Waals surface area contributed by atoms with E-state index in [1.165, 1.54) is 24.3 Å². The summed E-state index contributed by atoms with van der Waals surface area (Å²) in [5.74, 6) is -0.931. The summed E-state index contributed by atoms with van der Waals surface area (Å²) < 4.78 is 5.67. The van der Waals surface area contributed by atoms with E-state index in [9.17, 15) is 24.5 Å². The molecular weight excluding hydrogens is 366 g/mol. The van der Waals surface area contributed by atoms with Gasteiger partial charge in [0.1, 0.15) is 17.1 Å². The van der Waals surface area contributed by atoms with Crippen molar-refractivity contribution in [2.24, 2.45) is 0 Å². The summed E-state index contributed by atoms with van der Waals surface area (Å²) in [6, 6.07) is 6.71. The summed E-state index contributed by atoms with van der Waals surface area (Å²) in [6.07, 6.45) is 2.61. The molecular formula is C19H15N3O6. The third-order valence-corrected chi connectivity index (χ3v) is 4.10. The minimum atomic E-state index is -0.820. The second kappa shape index (κ2) is 7.31. The highest BCUT2D eigenvalue weighted by atomic mass is 16.6. The lowest BCUT2D eigenvalue weighted by atomic mass is 10.1. The van der Waals surface area contributed by atoms with Gasteiger partial charge in [0.2, 0.25) is 0 Å². The lowest BCUT2D eigenvalue weighted by Gasteiger charge is -2.24. The smallest absolute Gasteiger partial charge is 0.331 e. The van der Waals surface area contributed by atoms with E-state index >= 15 is 0 Å². The molecule has 1 saturated heterocycles. The van der Waals surface area contributed by atoms with Crippen LogP contribution in [0.2, 0.25) is 0 Å². The molecule has 9 nitrogen and oxygen atoms in total. The van der Waals surface area contributed by atoms with Gasteiger partial charge < -0.3 is 4.42 Å². The number of nitro benzene ring substituents is 1. The van der Waals surface area contributed by atoms with Crippen molar-refractivity contribution in [3.63, 3.8) is 0 Å². The summed E-state index contributed by atoms with van der Waals surface area (Å²) >= 11 is 0. The van der Waals surface area contributed by atoms with Crippen LogP contribution in [0.15, 0.2) is 53.0 Å². The maximum atomic E-state index is 12.4. The fourth-order valence-electron chi connectivity index (χ4n) is 2.74. The van der Waals surface area contributed by atoms with Crippen LogP contribution >= 0.6 is 0 Å². The highest BCUT2D eigenvalue weighted by Gasteiger charge is 2.35. The largest absolute Gasteiger partial charge is 0.457 e. The number of urea groups is 1. The third-order valence-electron chi connectivity index (χ3n) is 4.10. The lowest BCUT2D eigenvalue weighted by molar-refractivity contribution is -0.384. The van der Waals surface area contributed by atoms with Gasteiger partial charge in [-0.1, -0.05) is 6.08 Å². The molecule has 0 unspecified atom stereocenters. The number of aryl methyl sites for hydroxylation is 1. The highest BCUT2D eigenvalue weighted by molar-refractivity contribution is 6.30. The van der Waals surface area contributed by atoms with E-state index in [1.54, 1.807) is 25.1 Å². The van der Waals surface area contributed by atoms with Crippen molar-refractivity contribution in [1.29, 1.82) is 0 Å². The van der Waals surface area contributed by atoms with Gasteiger partial charge in [-0.3, -0.25) is 29.9 Å². The Kier molecular flexibility index (Phi) is 4.90. The van der Waals surface area contributed by atoms with E-state index < -0.39 is 22.8 Å². The zero-order valence-electron chi connectivity index (χ0n) is 14.8. The average Bonchev–Trinajstić information content (AvgIpc) is 3.10. The van der Waals surface area contributed by atoms with E-state index in [4.69, 9.17) is 4.42 Å². The lowest BCUT2D eigenvalue weighted by Crippen LogP contribution is -2.54. The first-order chi connectivity index (χ1) is 13.3. The number of hydrogen-bond donors (Lipinski definition) is 1. The van der Waals surface area contributed by atoms with Crippen molar-refractivity contribution in [1.82, 2.24) is 10.2 Å². The maximum Gasteiger partial charge on any atom is 0.331 e. The predicted octanol–water partition coefficient (Wildman–Crippen LogP) is 2.81. The van der Waals surface area contributed by atoms with Crippen LogP contribution in [0, 0.1) is 17.0 Å². The normalized spacial score (nSPS) is 15.7. The first-order valence-corrected chi connectivity index (χ1v) is 8.17. The fourth-order valence-corrected chi connectivity index (χ4v) is 2.74. The van der Waals surface area contributed by atoms with Gasteiger partial charge in [-0.2, -0.15) is 0 Å². The molecule has 1 aromatic carbocycles. The summed E-state index contributed by atoms with van der Waals surface area (Å²) in [4.78, 5) is 47.4. The number of carbonyl (C=O) groups is 3. The van der Waals surface area contributed by atoms with Crippen molar-refractivity contribution in [2.45, 2.75) is 6.92 Å². The molecule has 0 saturated carbocycles. The van der Waals surface area contributed by atoms with Crippen LogP contribution in [-0.2, 0) is 9.59 Å². The molecule has 0 atom stereocenters. The molecule has 2 heterocycles. The number of barbiturate groups is 1. The van der Waals surface area contributed by atoms with Crippen molar-refractivity contribution in [3.8, 4) is 11.3 Å². The van der Waals surface area contributed by atoms with E-state index in [0.29, 0.717) is 16.9 Å². The monoisotopic (exact) mass is 381 g/mol. The van der Waals surface area contributed by atoms with Gasteiger partial charge in [0.05, 0.1) is 4.92 Å². The van der Waals surface area contributed by atoms with Crippen LogP contribution in [0.1, 0.15) is 11.3 Å². The molecule has 28 heavy (non-hydrogen) atoms. The maximum absolute atomic E-state index is 12.4. The SMILES string of the molecule is C=CCN1C(=O)NC(=O)/C(=C/c2ccc(-c3ccc([N+](=O)[O-])cc3C)o2)C1=O. The first kappa shape index (κ1) is 18.8. The molecule has 0 radical (unpaired) electrons. The van der Waals surface area contributed by atoms with Crippen LogP contribution < -0.4 is 5.32 Å². The van der Waals surface area contributed by atoms with E-state index in [2.05, 4.69) is 11.9 Å². The molecule has 0 aliphatic carbocycles. The number of carbonyl (C=O) groups excluding carboxylic acids is 3. The summed E-state index contributed by atoms with van der Waals surface area (Å²) in [6.45, 7) is 5.14. The Morgan fingerprint density at radius 1 is 1.25 bits per heavy atom. The number of nitrogens with zero attached hydrogens (tertiary/aromatic N) is 2. The van der Waals surface area contributed by atoms with Gasteiger partial charge in [0.25, 0.3) is 17.5 Å².